The fourth-order valence-corrected chi connectivity index (χ4v) is 3.52. The number of nitrogens with zero attached hydrogens (tertiary/aromatic N) is 2. The van der Waals surface area contributed by atoms with E-state index in [2.05, 4.69) is 5.32 Å². The van der Waals surface area contributed by atoms with E-state index >= 15 is 0 Å². The molecule has 0 aromatic heterocycles. The average Bonchev–Trinajstić information content (AvgIpc) is 2.69. The van der Waals surface area contributed by atoms with Crippen LogP contribution in [0.2, 0.25) is 0 Å². The molecule has 2 rings (SSSR count). The predicted octanol–water partition coefficient (Wildman–Crippen LogP) is 2.08. The van der Waals surface area contributed by atoms with Gasteiger partial charge in [-0.25, -0.2) is 8.42 Å². The maximum Gasteiger partial charge on any atom is 0.271 e. The normalized spacial score (nSPS) is 10.9. The Kier molecular flexibility index (Phi) is 7.59. The Hall–Kier alpha value is -3.34. The number of nitrogens with one attached hydrogen (secondary N) is 1. The number of anilines is 1. The van der Waals surface area contributed by atoms with Crippen molar-refractivity contribution in [1.82, 2.24) is 5.32 Å². The number of hydrogen-bond donors (Lipinski definition) is 1. The number of non-ortho nitro benzene ring substituents is 1. The minimum Gasteiger partial charge on any atom is -0.495 e. The summed E-state index contributed by atoms with van der Waals surface area (Å²) in [5.41, 5.74) is 0.350. The first-order chi connectivity index (χ1) is 14.2. The minimum atomic E-state index is -3.94. The summed E-state index contributed by atoms with van der Waals surface area (Å²) in [6, 6.07) is 10.6. The van der Waals surface area contributed by atoms with Crippen LogP contribution in [0.25, 0.3) is 0 Å². The average molecular weight is 437 g/mol. The molecule has 30 heavy (non-hydrogen) atoms. The van der Waals surface area contributed by atoms with Gasteiger partial charge in [0.2, 0.25) is 15.9 Å². The Labute approximate surface area is 174 Å². The van der Waals surface area contributed by atoms with E-state index in [0.29, 0.717) is 12.4 Å². The molecule has 0 atom stereocenters. The van der Waals surface area contributed by atoms with Crippen LogP contribution in [-0.4, -0.2) is 45.8 Å². The Bertz CT molecular complexity index is 1020. The summed E-state index contributed by atoms with van der Waals surface area (Å²) < 4.78 is 35.9. The number of carbonyl (C=O) groups is 1. The van der Waals surface area contributed by atoms with Crippen molar-refractivity contribution in [1.29, 1.82) is 0 Å². The van der Waals surface area contributed by atoms with Crippen molar-refractivity contribution in [2.24, 2.45) is 0 Å². The van der Waals surface area contributed by atoms with E-state index in [0.717, 1.165) is 22.2 Å². The molecule has 0 unspecified atom stereocenters. The second kappa shape index (κ2) is 9.92. The summed E-state index contributed by atoms with van der Waals surface area (Å²) in [6.45, 7) is 1.95. The summed E-state index contributed by atoms with van der Waals surface area (Å²) in [5.74, 6) is 0.155. The van der Waals surface area contributed by atoms with Gasteiger partial charge in [0.05, 0.1) is 24.9 Å². The zero-order valence-electron chi connectivity index (χ0n) is 16.8. The number of sulfonamides is 1. The van der Waals surface area contributed by atoms with Crippen LogP contribution < -0.4 is 19.1 Å². The fourth-order valence-electron chi connectivity index (χ4n) is 2.67. The van der Waals surface area contributed by atoms with E-state index in [-0.39, 0.29) is 23.7 Å². The summed E-state index contributed by atoms with van der Waals surface area (Å²) in [7, 11) is -2.63. The van der Waals surface area contributed by atoms with Crippen molar-refractivity contribution >= 4 is 27.3 Å². The van der Waals surface area contributed by atoms with Crippen LogP contribution in [0, 0.1) is 10.1 Å². The van der Waals surface area contributed by atoms with Crippen molar-refractivity contribution in [2.45, 2.75) is 13.5 Å². The summed E-state index contributed by atoms with van der Waals surface area (Å²) in [5, 5.41) is 13.7. The molecule has 10 nitrogen and oxygen atoms in total. The molecule has 1 amide bonds. The van der Waals surface area contributed by atoms with Crippen LogP contribution in [0.3, 0.4) is 0 Å². The molecule has 0 aliphatic rings. The van der Waals surface area contributed by atoms with Gasteiger partial charge in [-0.1, -0.05) is 12.1 Å². The molecule has 0 bridgehead atoms. The Morgan fingerprint density at radius 1 is 1.23 bits per heavy atom. The lowest BCUT2D eigenvalue weighted by molar-refractivity contribution is -0.384. The van der Waals surface area contributed by atoms with E-state index in [1.807, 2.05) is 6.92 Å². The molecule has 0 aliphatic carbocycles. The maximum absolute atomic E-state index is 12.5. The van der Waals surface area contributed by atoms with Gasteiger partial charge in [0, 0.05) is 18.7 Å². The van der Waals surface area contributed by atoms with Crippen LogP contribution in [0.5, 0.6) is 11.5 Å². The monoisotopic (exact) mass is 437 g/mol. The van der Waals surface area contributed by atoms with E-state index in [1.54, 1.807) is 24.3 Å². The quantitative estimate of drug-likeness (QED) is 0.445. The van der Waals surface area contributed by atoms with Crippen molar-refractivity contribution in [3.63, 3.8) is 0 Å². The Morgan fingerprint density at radius 3 is 2.57 bits per heavy atom. The van der Waals surface area contributed by atoms with E-state index in [1.165, 1.54) is 19.2 Å². The molecule has 0 spiro atoms. The zero-order valence-corrected chi connectivity index (χ0v) is 17.6. The lowest BCUT2D eigenvalue weighted by Gasteiger charge is -2.23. The zero-order chi connectivity index (χ0) is 22.3. The van der Waals surface area contributed by atoms with Gasteiger partial charge in [0.25, 0.3) is 5.69 Å². The number of nitro benzene ring substituents is 1. The highest BCUT2D eigenvalue weighted by Crippen LogP contribution is 2.33. The van der Waals surface area contributed by atoms with E-state index in [9.17, 15) is 23.3 Å². The molecule has 0 heterocycles. The molecular formula is C19H23N3O7S. The van der Waals surface area contributed by atoms with E-state index < -0.39 is 27.4 Å². The van der Waals surface area contributed by atoms with Gasteiger partial charge in [-0.05, 0) is 30.7 Å². The number of carbonyl (C=O) groups excluding carboxylic acids is 1. The van der Waals surface area contributed by atoms with Gasteiger partial charge < -0.3 is 14.8 Å². The maximum atomic E-state index is 12.5. The van der Waals surface area contributed by atoms with Crippen LogP contribution in [0.4, 0.5) is 11.4 Å². The van der Waals surface area contributed by atoms with Crippen LogP contribution >= 0.6 is 0 Å². The lowest BCUT2D eigenvalue weighted by Crippen LogP contribution is -2.40. The highest BCUT2D eigenvalue weighted by Gasteiger charge is 2.26. The third-order valence-electron chi connectivity index (χ3n) is 4.03. The molecule has 162 valence electrons. The number of methoxy groups -OCH3 is 1. The highest BCUT2D eigenvalue weighted by molar-refractivity contribution is 7.92. The topological polar surface area (TPSA) is 128 Å². The first-order valence-corrected chi connectivity index (χ1v) is 10.8. The van der Waals surface area contributed by atoms with Gasteiger partial charge in [0.15, 0.2) is 0 Å². The molecule has 1 N–H and O–H groups in total. The summed E-state index contributed by atoms with van der Waals surface area (Å²) in [4.78, 5) is 22.9. The van der Waals surface area contributed by atoms with Gasteiger partial charge in [-0.2, -0.15) is 0 Å². The van der Waals surface area contributed by atoms with Gasteiger partial charge in [-0.3, -0.25) is 19.2 Å². The van der Waals surface area contributed by atoms with Gasteiger partial charge >= 0.3 is 0 Å². The molecule has 11 heteroatoms. The second-order valence-corrected chi connectivity index (χ2v) is 8.15. The third kappa shape index (κ3) is 6.08. The number of hydrogen-bond acceptors (Lipinski definition) is 7. The third-order valence-corrected chi connectivity index (χ3v) is 5.16. The number of nitro groups is 1. The molecule has 0 fully saturated rings. The summed E-state index contributed by atoms with van der Waals surface area (Å²) >= 11 is 0. The van der Waals surface area contributed by atoms with E-state index in [4.69, 9.17) is 9.47 Å². The van der Waals surface area contributed by atoms with Crippen molar-refractivity contribution < 1.29 is 27.6 Å². The van der Waals surface area contributed by atoms with Gasteiger partial charge in [-0.15, -0.1) is 0 Å². The number of benzene rings is 2. The SMILES string of the molecule is CCOc1cccc(CNC(=O)CN(c2cc([N+](=O)[O-])ccc2OC)S(C)(=O)=O)c1. The molecule has 0 radical (unpaired) electrons. The molecule has 2 aromatic rings. The van der Waals surface area contributed by atoms with Gasteiger partial charge in [0.1, 0.15) is 23.7 Å². The largest absolute Gasteiger partial charge is 0.495 e. The Morgan fingerprint density at radius 2 is 1.97 bits per heavy atom. The van der Waals surface area contributed by atoms with Crippen molar-refractivity contribution in [3.8, 4) is 11.5 Å². The standard InChI is InChI=1S/C19H23N3O7S/c1-4-29-16-7-5-6-14(10-16)12-20-19(23)13-21(30(3,26)27)17-11-15(22(24)25)8-9-18(17)28-2/h5-11H,4,12-13H2,1-3H3,(H,20,23). The highest BCUT2D eigenvalue weighted by atomic mass is 32.2. The first kappa shape index (κ1) is 22.9. The fraction of sp³-hybridized carbons (Fsp3) is 0.316. The van der Waals surface area contributed by atoms with Crippen molar-refractivity contribution in [3.05, 3.63) is 58.1 Å². The van der Waals surface area contributed by atoms with Crippen LogP contribution in [-0.2, 0) is 21.4 Å². The number of amides is 1. The summed E-state index contributed by atoms with van der Waals surface area (Å²) in [6.07, 6.45) is 0.907. The molecule has 0 saturated heterocycles. The van der Waals surface area contributed by atoms with Crippen LogP contribution in [0.1, 0.15) is 12.5 Å². The minimum absolute atomic E-state index is 0.0863. The smallest absolute Gasteiger partial charge is 0.271 e. The Balaban J connectivity index is 2.22. The number of rotatable bonds is 10. The molecule has 2 aromatic carbocycles. The molecular weight excluding hydrogens is 414 g/mol. The number of ether oxygens (including phenoxy) is 2. The van der Waals surface area contributed by atoms with Crippen molar-refractivity contribution in [2.75, 3.05) is 30.8 Å². The predicted molar refractivity (Wildman–Crippen MR) is 111 cm³/mol. The van der Waals surface area contributed by atoms with Crippen LogP contribution in [0.15, 0.2) is 42.5 Å². The second-order valence-electron chi connectivity index (χ2n) is 6.24. The lowest BCUT2D eigenvalue weighted by atomic mass is 10.2. The first-order valence-electron chi connectivity index (χ1n) is 8.94. The molecule has 0 saturated carbocycles. The molecule has 0 aliphatic heterocycles.